The fourth-order valence-electron chi connectivity index (χ4n) is 4.50. The van der Waals surface area contributed by atoms with Gasteiger partial charge in [-0.3, -0.25) is 9.59 Å². The van der Waals surface area contributed by atoms with E-state index in [4.69, 9.17) is 0 Å². The summed E-state index contributed by atoms with van der Waals surface area (Å²) in [4.78, 5) is 26.9. The number of thioether (sulfide) groups is 1. The van der Waals surface area contributed by atoms with Gasteiger partial charge in [0.05, 0.1) is 11.9 Å². The Hall–Kier alpha value is -0.750. The molecule has 2 saturated heterocycles. The maximum Gasteiger partial charge on any atom is 0.246 e. The average molecular weight is 325 g/mol. The van der Waals surface area contributed by atoms with E-state index in [9.17, 15) is 9.59 Å². The van der Waals surface area contributed by atoms with Crippen LogP contribution in [0.25, 0.3) is 0 Å². The zero-order chi connectivity index (χ0) is 15.7. The maximum absolute atomic E-state index is 13.0. The van der Waals surface area contributed by atoms with Crippen molar-refractivity contribution >= 4 is 23.6 Å². The summed E-state index contributed by atoms with van der Waals surface area (Å²) in [7, 11) is 1.74. The highest BCUT2D eigenvalue weighted by Gasteiger charge is 2.54. The molecule has 0 aromatic heterocycles. The normalized spacial score (nSPS) is 33.8. The summed E-state index contributed by atoms with van der Waals surface area (Å²) in [5.74, 6) is 0.989. The zero-order valence-corrected chi connectivity index (χ0v) is 14.4. The van der Waals surface area contributed by atoms with E-state index in [0.717, 1.165) is 18.6 Å². The van der Waals surface area contributed by atoms with Crippen molar-refractivity contribution in [2.45, 2.75) is 62.9 Å². The van der Waals surface area contributed by atoms with Crippen LogP contribution in [0.4, 0.5) is 0 Å². The summed E-state index contributed by atoms with van der Waals surface area (Å²) < 4.78 is 0. The minimum absolute atomic E-state index is 0.0910. The van der Waals surface area contributed by atoms with Gasteiger partial charge in [-0.05, 0) is 50.8 Å². The first-order chi connectivity index (χ1) is 10.6. The van der Waals surface area contributed by atoms with Crippen molar-refractivity contribution in [2.24, 2.45) is 5.41 Å². The van der Waals surface area contributed by atoms with E-state index >= 15 is 0 Å². The van der Waals surface area contributed by atoms with E-state index in [0.29, 0.717) is 16.8 Å². The van der Waals surface area contributed by atoms with Crippen LogP contribution in [0, 0.1) is 5.41 Å². The van der Waals surface area contributed by atoms with Crippen LogP contribution in [0.15, 0.2) is 0 Å². The molecule has 2 aliphatic heterocycles. The molecule has 0 bridgehead atoms. The molecule has 22 heavy (non-hydrogen) atoms. The van der Waals surface area contributed by atoms with Crippen LogP contribution in [0.5, 0.6) is 0 Å². The smallest absolute Gasteiger partial charge is 0.246 e. The van der Waals surface area contributed by atoms with Gasteiger partial charge in [0.1, 0.15) is 6.04 Å². The lowest BCUT2D eigenvalue weighted by Crippen LogP contribution is -2.52. The minimum atomic E-state index is -0.350. The first-order valence-corrected chi connectivity index (χ1v) is 9.50. The van der Waals surface area contributed by atoms with E-state index in [1.54, 1.807) is 7.05 Å². The third-order valence-electron chi connectivity index (χ3n) is 5.74. The monoisotopic (exact) mass is 325 g/mol. The molecule has 0 radical (unpaired) electrons. The highest BCUT2D eigenvalue weighted by Crippen LogP contribution is 2.54. The van der Waals surface area contributed by atoms with Crippen LogP contribution >= 0.6 is 11.8 Å². The molecule has 5 nitrogen and oxygen atoms in total. The Morgan fingerprint density at radius 3 is 2.82 bits per heavy atom. The number of carbonyl (C=O) groups is 2. The lowest BCUT2D eigenvalue weighted by atomic mass is 9.79. The van der Waals surface area contributed by atoms with Gasteiger partial charge in [-0.1, -0.05) is 12.8 Å². The van der Waals surface area contributed by atoms with Gasteiger partial charge in [0.2, 0.25) is 11.8 Å². The molecule has 0 aromatic carbocycles. The van der Waals surface area contributed by atoms with Crippen molar-refractivity contribution in [3.63, 3.8) is 0 Å². The Kier molecular flexibility index (Phi) is 4.69. The van der Waals surface area contributed by atoms with Gasteiger partial charge in [0.15, 0.2) is 0 Å². The Labute approximate surface area is 137 Å². The van der Waals surface area contributed by atoms with Crippen molar-refractivity contribution in [1.82, 2.24) is 15.5 Å². The van der Waals surface area contributed by atoms with Crippen molar-refractivity contribution in [3.8, 4) is 0 Å². The van der Waals surface area contributed by atoms with Gasteiger partial charge in [0.25, 0.3) is 0 Å². The van der Waals surface area contributed by atoms with Crippen LogP contribution in [0.3, 0.4) is 0 Å². The molecule has 2 N–H and O–H groups in total. The van der Waals surface area contributed by atoms with E-state index in [1.165, 1.54) is 25.7 Å². The third kappa shape index (κ3) is 2.75. The predicted molar refractivity (Wildman–Crippen MR) is 88.5 cm³/mol. The van der Waals surface area contributed by atoms with Gasteiger partial charge < -0.3 is 15.5 Å². The second-order valence-electron chi connectivity index (χ2n) is 6.96. The molecule has 3 fully saturated rings. The number of hydrogen-bond acceptors (Lipinski definition) is 4. The quantitative estimate of drug-likeness (QED) is 0.822. The van der Waals surface area contributed by atoms with Gasteiger partial charge in [-0.25, -0.2) is 0 Å². The zero-order valence-electron chi connectivity index (χ0n) is 13.6. The third-order valence-corrected chi connectivity index (χ3v) is 6.99. The van der Waals surface area contributed by atoms with Crippen LogP contribution < -0.4 is 10.6 Å². The van der Waals surface area contributed by atoms with Crippen LogP contribution in [-0.2, 0) is 9.59 Å². The van der Waals surface area contributed by atoms with Crippen LogP contribution in [0.1, 0.15) is 45.4 Å². The van der Waals surface area contributed by atoms with Gasteiger partial charge >= 0.3 is 0 Å². The molecular weight excluding hydrogens is 298 g/mol. The van der Waals surface area contributed by atoms with Crippen molar-refractivity contribution in [3.05, 3.63) is 0 Å². The van der Waals surface area contributed by atoms with Crippen LogP contribution in [0.2, 0.25) is 0 Å². The topological polar surface area (TPSA) is 61.4 Å². The average Bonchev–Trinajstić information content (AvgIpc) is 3.01. The largest absolute Gasteiger partial charge is 0.343 e. The van der Waals surface area contributed by atoms with Crippen molar-refractivity contribution < 1.29 is 9.59 Å². The van der Waals surface area contributed by atoms with Crippen molar-refractivity contribution in [2.75, 3.05) is 19.3 Å². The first kappa shape index (κ1) is 16.1. The number of nitrogens with one attached hydrogen (secondary N) is 2. The number of likely N-dealkylation sites (N-methyl/N-ethyl adjacent to an activating group) is 1. The summed E-state index contributed by atoms with van der Waals surface area (Å²) in [5, 5.41) is 6.07. The van der Waals surface area contributed by atoms with E-state index in [2.05, 4.69) is 22.5 Å². The summed E-state index contributed by atoms with van der Waals surface area (Å²) in [6, 6.07) is -0.0424. The second-order valence-corrected chi connectivity index (χ2v) is 8.25. The predicted octanol–water partition coefficient (Wildman–Crippen LogP) is 1.33. The SMILES string of the molecule is CNCC(=O)NC1CCSC2CC3(CCCC3)C(C)N2C1=O. The Morgan fingerprint density at radius 2 is 2.14 bits per heavy atom. The van der Waals surface area contributed by atoms with Crippen molar-refractivity contribution in [1.29, 1.82) is 0 Å². The molecule has 3 rings (SSSR count). The number of fused-ring (bicyclic) bond motifs is 1. The Bertz CT molecular complexity index is 451. The molecule has 124 valence electrons. The molecule has 6 heteroatoms. The number of carbonyl (C=O) groups excluding carboxylic acids is 2. The molecule has 3 aliphatic rings. The highest BCUT2D eigenvalue weighted by molar-refractivity contribution is 7.99. The molecular formula is C16H27N3O2S. The Morgan fingerprint density at radius 1 is 1.41 bits per heavy atom. The summed E-state index contributed by atoms with van der Waals surface area (Å²) in [6.45, 7) is 2.49. The summed E-state index contributed by atoms with van der Waals surface area (Å²) in [6.07, 6.45) is 6.99. The standard InChI is InChI=1S/C16H27N3O2S/c1-11-16(6-3-4-7-16)9-14-19(11)15(21)12(5-8-22-14)18-13(20)10-17-2/h11-12,14,17H,3-10H2,1-2H3,(H,18,20). The molecule has 1 spiro atoms. The van der Waals surface area contributed by atoms with E-state index in [1.807, 2.05) is 11.8 Å². The van der Waals surface area contributed by atoms with Crippen LogP contribution in [-0.4, -0.2) is 53.5 Å². The van der Waals surface area contributed by atoms with Gasteiger partial charge in [0, 0.05) is 6.04 Å². The molecule has 3 unspecified atom stereocenters. The molecule has 1 aliphatic carbocycles. The fraction of sp³-hybridized carbons (Fsp3) is 0.875. The molecule has 0 aromatic rings. The summed E-state index contributed by atoms with van der Waals surface area (Å²) >= 11 is 1.91. The molecule has 2 amide bonds. The first-order valence-electron chi connectivity index (χ1n) is 8.45. The lowest BCUT2D eigenvalue weighted by molar-refractivity contribution is -0.137. The second kappa shape index (κ2) is 6.40. The highest BCUT2D eigenvalue weighted by atomic mass is 32.2. The number of amides is 2. The van der Waals surface area contributed by atoms with E-state index in [-0.39, 0.29) is 24.4 Å². The summed E-state index contributed by atoms with van der Waals surface area (Å²) in [5.41, 5.74) is 0.337. The number of hydrogen-bond donors (Lipinski definition) is 2. The van der Waals surface area contributed by atoms with Gasteiger partial charge in [-0.2, -0.15) is 0 Å². The number of nitrogens with zero attached hydrogens (tertiary/aromatic N) is 1. The fourth-order valence-corrected chi connectivity index (χ4v) is 6.04. The Balaban J connectivity index is 1.75. The molecule has 1 saturated carbocycles. The lowest BCUT2D eigenvalue weighted by Gasteiger charge is -2.34. The molecule has 3 atom stereocenters. The number of rotatable bonds is 3. The maximum atomic E-state index is 13.0. The molecule has 2 heterocycles. The minimum Gasteiger partial charge on any atom is -0.343 e. The van der Waals surface area contributed by atoms with E-state index < -0.39 is 0 Å². The van der Waals surface area contributed by atoms with Gasteiger partial charge in [-0.15, -0.1) is 11.8 Å².